The number of carbonyl (C=O) groups excluding carboxylic acids is 1. The van der Waals surface area contributed by atoms with Crippen LogP contribution >= 0.6 is 11.9 Å². The fourth-order valence-corrected chi connectivity index (χ4v) is 2.79. The Labute approximate surface area is 145 Å². The van der Waals surface area contributed by atoms with Crippen molar-refractivity contribution in [3.05, 3.63) is 84.9 Å². The Morgan fingerprint density at radius 1 is 0.667 bits per heavy atom. The predicted octanol–water partition coefficient (Wildman–Crippen LogP) is 5.45. The summed E-state index contributed by atoms with van der Waals surface area (Å²) in [7, 11) is 0. The molecule has 0 heterocycles. The smallest absolute Gasteiger partial charge is 0.323 e. The number of benzene rings is 3. The Morgan fingerprint density at radius 3 is 1.96 bits per heavy atom. The number of hydrogen-bond acceptors (Lipinski definition) is 3. The molecule has 0 saturated carbocycles. The number of rotatable bonds is 5. The van der Waals surface area contributed by atoms with Crippen molar-refractivity contribution in [2.24, 2.45) is 0 Å². The van der Waals surface area contributed by atoms with Crippen molar-refractivity contribution in [2.45, 2.75) is 4.90 Å². The van der Waals surface area contributed by atoms with Crippen LogP contribution in [0.4, 0.5) is 21.9 Å². The summed E-state index contributed by atoms with van der Waals surface area (Å²) in [5.74, 6) is 0. The number of urea groups is 1. The summed E-state index contributed by atoms with van der Waals surface area (Å²) in [6.45, 7) is 0. The van der Waals surface area contributed by atoms with Gasteiger partial charge < -0.3 is 15.4 Å². The molecule has 0 spiro atoms. The molecule has 0 bridgehead atoms. The molecule has 3 aromatic rings. The third-order valence-electron chi connectivity index (χ3n) is 3.23. The molecular formula is C19H17N3OS. The highest BCUT2D eigenvalue weighted by Gasteiger charge is 2.07. The van der Waals surface area contributed by atoms with Crippen LogP contribution < -0.4 is 15.4 Å². The summed E-state index contributed by atoms with van der Waals surface area (Å²) in [6.07, 6.45) is 0. The zero-order valence-corrected chi connectivity index (χ0v) is 13.7. The zero-order valence-electron chi connectivity index (χ0n) is 12.9. The second kappa shape index (κ2) is 8.08. The molecule has 24 heavy (non-hydrogen) atoms. The summed E-state index contributed by atoms with van der Waals surface area (Å²) < 4.78 is 3.27. The fraction of sp³-hybridized carbons (Fsp3) is 0. The first-order chi connectivity index (χ1) is 11.8. The first kappa shape index (κ1) is 16.0. The molecule has 0 aliphatic rings. The number of amides is 2. The number of nitrogens with one attached hydrogen (secondary N) is 3. The van der Waals surface area contributed by atoms with Crippen molar-refractivity contribution in [3.8, 4) is 0 Å². The van der Waals surface area contributed by atoms with E-state index in [2.05, 4.69) is 15.4 Å². The van der Waals surface area contributed by atoms with Crippen molar-refractivity contribution in [3.63, 3.8) is 0 Å². The predicted molar refractivity (Wildman–Crippen MR) is 101 cm³/mol. The molecule has 5 heteroatoms. The van der Waals surface area contributed by atoms with E-state index in [1.54, 1.807) is 0 Å². The van der Waals surface area contributed by atoms with E-state index >= 15 is 0 Å². The van der Waals surface area contributed by atoms with Crippen LogP contribution in [0, 0.1) is 0 Å². The first-order valence-electron chi connectivity index (χ1n) is 7.51. The van der Waals surface area contributed by atoms with Gasteiger partial charge in [-0.2, -0.15) is 0 Å². The maximum Gasteiger partial charge on any atom is 0.323 e. The highest BCUT2D eigenvalue weighted by atomic mass is 32.2. The van der Waals surface area contributed by atoms with Gasteiger partial charge in [-0.3, -0.25) is 0 Å². The van der Waals surface area contributed by atoms with E-state index in [-0.39, 0.29) is 6.03 Å². The van der Waals surface area contributed by atoms with Crippen LogP contribution in [-0.2, 0) is 0 Å². The van der Waals surface area contributed by atoms with Gasteiger partial charge in [0.2, 0.25) is 0 Å². The molecule has 3 rings (SSSR count). The Kier molecular flexibility index (Phi) is 5.37. The van der Waals surface area contributed by atoms with Gasteiger partial charge in [-0.15, -0.1) is 0 Å². The van der Waals surface area contributed by atoms with E-state index in [1.165, 1.54) is 11.9 Å². The standard InChI is InChI=1S/C19H17N3OS/c23-19(20-15-9-3-1-4-10-15)21-17-13-7-8-14-18(17)22-24-16-11-5-2-6-12-16/h1-14,22H,(H2,20,21,23). The van der Waals surface area contributed by atoms with Crippen molar-refractivity contribution in [1.82, 2.24) is 0 Å². The van der Waals surface area contributed by atoms with Crippen LogP contribution in [0.2, 0.25) is 0 Å². The largest absolute Gasteiger partial charge is 0.324 e. The van der Waals surface area contributed by atoms with E-state index in [9.17, 15) is 4.79 Å². The maximum absolute atomic E-state index is 12.2. The zero-order chi connectivity index (χ0) is 16.6. The molecule has 3 N–H and O–H groups in total. The molecule has 0 radical (unpaired) electrons. The molecule has 2 amide bonds. The van der Waals surface area contributed by atoms with Crippen LogP contribution in [0.25, 0.3) is 0 Å². The second-order valence-electron chi connectivity index (χ2n) is 5.01. The SMILES string of the molecule is O=C(Nc1ccccc1)Nc1ccccc1NSc1ccccc1. The monoisotopic (exact) mass is 335 g/mol. The van der Waals surface area contributed by atoms with Gasteiger partial charge in [0, 0.05) is 10.6 Å². The van der Waals surface area contributed by atoms with Crippen LogP contribution in [0.1, 0.15) is 0 Å². The quantitative estimate of drug-likeness (QED) is 0.543. The Bertz CT molecular complexity index is 794. The van der Waals surface area contributed by atoms with Gasteiger partial charge in [0.25, 0.3) is 0 Å². The van der Waals surface area contributed by atoms with E-state index in [0.29, 0.717) is 0 Å². The van der Waals surface area contributed by atoms with Gasteiger partial charge in [0.05, 0.1) is 11.4 Å². The Hall–Kier alpha value is -2.92. The molecule has 0 aliphatic heterocycles. The lowest BCUT2D eigenvalue weighted by Gasteiger charge is -2.13. The van der Waals surface area contributed by atoms with E-state index in [4.69, 9.17) is 0 Å². The summed E-state index contributed by atoms with van der Waals surface area (Å²) >= 11 is 1.50. The van der Waals surface area contributed by atoms with Gasteiger partial charge in [0.15, 0.2) is 0 Å². The van der Waals surface area contributed by atoms with Crippen LogP contribution in [-0.4, -0.2) is 6.03 Å². The lowest BCUT2D eigenvalue weighted by Crippen LogP contribution is -2.19. The van der Waals surface area contributed by atoms with Gasteiger partial charge in [-0.05, 0) is 48.3 Å². The molecule has 3 aromatic carbocycles. The summed E-state index contributed by atoms with van der Waals surface area (Å²) in [5, 5.41) is 5.68. The first-order valence-corrected chi connectivity index (χ1v) is 8.33. The van der Waals surface area contributed by atoms with Gasteiger partial charge in [-0.1, -0.05) is 48.5 Å². The molecule has 0 fully saturated rings. The molecule has 0 atom stereocenters. The maximum atomic E-state index is 12.2. The minimum Gasteiger partial charge on any atom is -0.324 e. The van der Waals surface area contributed by atoms with Crippen LogP contribution in [0.15, 0.2) is 89.8 Å². The average molecular weight is 335 g/mol. The Morgan fingerprint density at radius 2 is 1.25 bits per heavy atom. The van der Waals surface area contributed by atoms with Gasteiger partial charge in [-0.25, -0.2) is 4.79 Å². The summed E-state index contributed by atoms with van der Waals surface area (Å²) in [6, 6.07) is 26.7. The highest BCUT2D eigenvalue weighted by molar-refractivity contribution is 8.00. The molecule has 0 aliphatic carbocycles. The molecule has 4 nitrogen and oxygen atoms in total. The minimum absolute atomic E-state index is 0.278. The van der Waals surface area contributed by atoms with Crippen molar-refractivity contribution in [2.75, 3.05) is 15.4 Å². The van der Waals surface area contributed by atoms with Crippen molar-refractivity contribution >= 4 is 35.0 Å². The number of hydrogen-bond donors (Lipinski definition) is 3. The molecular weight excluding hydrogens is 318 g/mol. The normalized spacial score (nSPS) is 10.0. The minimum atomic E-state index is -0.278. The summed E-state index contributed by atoms with van der Waals surface area (Å²) in [4.78, 5) is 13.2. The molecule has 0 saturated heterocycles. The highest BCUT2D eigenvalue weighted by Crippen LogP contribution is 2.27. The van der Waals surface area contributed by atoms with Crippen LogP contribution in [0.3, 0.4) is 0 Å². The Balaban J connectivity index is 1.64. The average Bonchev–Trinajstić information content (AvgIpc) is 2.63. The number of para-hydroxylation sites is 3. The van der Waals surface area contributed by atoms with Gasteiger partial charge in [0.1, 0.15) is 0 Å². The van der Waals surface area contributed by atoms with Crippen LogP contribution in [0.5, 0.6) is 0 Å². The fourth-order valence-electron chi connectivity index (χ4n) is 2.09. The molecule has 120 valence electrons. The number of anilines is 3. The molecule has 0 unspecified atom stereocenters. The van der Waals surface area contributed by atoms with Crippen molar-refractivity contribution < 1.29 is 4.79 Å². The van der Waals surface area contributed by atoms with E-state index in [0.717, 1.165) is 22.0 Å². The second-order valence-corrected chi connectivity index (χ2v) is 5.89. The van der Waals surface area contributed by atoms with E-state index < -0.39 is 0 Å². The van der Waals surface area contributed by atoms with Gasteiger partial charge >= 0.3 is 6.03 Å². The van der Waals surface area contributed by atoms with E-state index in [1.807, 2.05) is 84.9 Å². The number of carbonyl (C=O) groups is 1. The topological polar surface area (TPSA) is 53.2 Å². The summed E-state index contributed by atoms with van der Waals surface area (Å²) in [5.41, 5.74) is 2.31. The molecule has 0 aromatic heterocycles. The lowest BCUT2D eigenvalue weighted by atomic mass is 10.3. The lowest BCUT2D eigenvalue weighted by molar-refractivity contribution is 0.262. The third kappa shape index (κ3) is 4.54. The third-order valence-corrected chi connectivity index (χ3v) is 4.06. The van der Waals surface area contributed by atoms with Crippen molar-refractivity contribution in [1.29, 1.82) is 0 Å².